The molecule has 3 N–H and O–H groups in total. The van der Waals surface area contributed by atoms with Crippen LogP contribution in [0.3, 0.4) is 0 Å². The number of phenols is 1. The lowest BCUT2D eigenvalue weighted by atomic mass is 10.1. The number of allylic oxidation sites excluding steroid dienone is 3. The lowest BCUT2D eigenvalue weighted by Crippen LogP contribution is -2.31. The summed E-state index contributed by atoms with van der Waals surface area (Å²) < 4.78 is 15.7. The van der Waals surface area contributed by atoms with Crippen molar-refractivity contribution in [1.82, 2.24) is 0 Å². The summed E-state index contributed by atoms with van der Waals surface area (Å²) in [6.45, 7) is 6.12. The van der Waals surface area contributed by atoms with E-state index in [4.69, 9.17) is 14.2 Å². The normalized spacial score (nSPS) is 11.2. The van der Waals surface area contributed by atoms with Crippen LogP contribution in [-0.2, 0) is 14.3 Å². The summed E-state index contributed by atoms with van der Waals surface area (Å²) in [7, 11) is 4.24. The number of aromatic hydroxyl groups is 1. The second kappa shape index (κ2) is 15.9. The van der Waals surface area contributed by atoms with E-state index in [9.17, 15) is 24.6 Å². The van der Waals surface area contributed by atoms with Crippen molar-refractivity contribution in [2.75, 3.05) is 44.7 Å². The van der Waals surface area contributed by atoms with Crippen LogP contribution in [0.2, 0.25) is 0 Å². The van der Waals surface area contributed by atoms with Gasteiger partial charge in [-0.05, 0) is 75.6 Å². The molecule has 0 saturated carbocycles. The van der Waals surface area contributed by atoms with Gasteiger partial charge in [-0.3, -0.25) is 9.59 Å². The van der Waals surface area contributed by atoms with Gasteiger partial charge in [0.05, 0.1) is 32.1 Å². The summed E-state index contributed by atoms with van der Waals surface area (Å²) in [4.78, 5) is 38.4. The first kappa shape index (κ1) is 32.6. The van der Waals surface area contributed by atoms with Crippen molar-refractivity contribution in [2.45, 2.75) is 33.6 Å². The molecular formula is C31H38N2O8. The molecule has 0 spiro atoms. The third kappa shape index (κ3) is 10.2. The lowest BCUT2D eigenvalue weighted by molar-refractivity contribution is -0.122. The molecule has 10 nitrogen and oxygen atoms in total. The van der Waals surface area contributed by atoms with Gasteiger partial charge in [0.2, 0.25) is 11.7 Å². The Kier molecular flexibility index (Phi) is 12.6. The number of ether oxygens (including phenoxy) is 3. The van der Waals surface area contributed by atoms with E-state index in [1.54, 1.807) is 0 Å². The summed E-state index contributed by atoms with van der Waals surface area (Å²) >= 11 is 0. The largest absolute Gasteiger partial charge is 0.502 e. The van der Waals surface area contributed by atoms with Crippen molar-refractivity contribution in [2.24, 2.45) is 0 Å². The Balaban J connectivity index is 2.09. The average molecular weight is 567 g/mol. The van der Waals surface area contributed by atoms with E-state index in [1.807, 2.05) is 13.0 Å². The van der Waals surface area contributed by atoms with Gasteiger partial charge in [0.1, 0.15) is 6.61 Å². The second-order valence-electron chi connectivity index (χ2n) is 9.47. The number of phenolic OH excluding ortho intramolecular Hbond substituents is 1. The Morgan fingerprint density at radius 1 is 1.00 bits per heavy atom. The predicted octanol–water partition coefficient (Wildman–Crippen LogP) is 5.43. The Morgan fingerprint density at radius 3 is 2.24 bits per heavy atom. The number of hydrogen-bond donors (Lipinski definition) is 3. The number of nitrogens with one attached hydrogen (secondary N) is 1. The van der Waals surface area contributed by atoms with Crippen LogP contribution >= 0.6 is 0 Å². The van der Waals surface area contributed by atoms with Crippen LogP contribution in [0.5, 0.6) is 17.2 Å². The number of methoxy groups -OCH3 is 2. The molecule has 2 rings (SSSR count). The minimum absolute atomic E-state index is 0.104. The molecule has 0 aliphatic heterocycles. The van der Waals surface area contributed by atoms with Gasteiger partial charge in [0, 0.05) is 18.8 Å². The minimum atomic E-state index is -1.22. The summed E-state index contributed by atoms with van der Waals surface area (Å²) in [6.07, 6.45) is 8.67. The zero-order valence-electron chi connectivity index (χ0n) is 24.3. The summed E-state index contributed by atoms with van der Waals surface area (Å²) in [5.41, 5.74) is 3.24. The van der Waals surface area contributed by atoms with Crippen LogP contribution in [0.4, 0.5) is 11.4 Å². The smallest absolute Gasteiger partial charge is 0.337 e. The van der Waals surface area contributed by atoms with Crippen molar-refractivity contribution < 1.29 is 38.8 Å². The van der Waals surface area contributed by atoms with Crippen molar-refractivity contribution in [1.29, 1.82) is 0 Å². The molecule has 0 fully saturated rings. The van der Waals surface area contributed by atoms with Gasteiger partial charge in [-0.1, -0.05) is 23.3 Å². The van der Waals surface area contributed by atoms with Gasteiger partial charge in [-0.25, -0.2) is 4.79 Å². The molecule has 0 aliphatic carbocycles. The van der Waals surface area contributed by atoms with Crippen LogP contribution in [0.1, 0.15) is 49.5 Å². The van der Waals surface area contributed by atoms with Crippen LogP contribution in [0, 0.1) is 0 Å². The molecule has 0 heterocycles. The maximum Gasteiger partial charge on any atom is 0.337 e. The van der Waals surface area contributed by atoms with Crippen molar-refractivity contribution in [3.05, 3.63) is 70.8 Å². The number of carbonyl (C=O) groups is 3. The molecule has 0 atom stereocenters. The number of carboxylic acids is 1. The van der Waals surface area contributed by atoms with Crippen molar-refractivity contribution in [3.8, 4) is 17.2 Å². The number of carbonyl (C=O) groups excluding carboxylic acids is 2. The highest BCUT2D eigenvalue weighted by Crippen LogP contribution is 2.37. The third-order valence-electron chi connectivity index (χ3n) is 6.03. The number of benzene rings is 2. The highest BCUT2D eigenvalue weighted by Gasteiger charge is 2.19. The molecule has 0 aliphatic rings. The number of carboxylic acid groups (broad SMARTS) is 1. The van der Waals surface area contributed by atoms with Gasteiger partial charge in [-0.15, -0.1) is 0 Å². The number of likely N-dealkylation sites (N-methyl/N-ethyl adjacent to an activating group) is 1. The van der Waals surface area contributed by atoms with E-state index in [-0.39, 0.29) is 47.4 Å². The van der Waals surface area contributed by atoms with E-state index in [0.717, 1.165) is 18.4 Å². The van der Waals surface area contributed by atoms with Gasteiger partial charge >= 0.3 is 5.97 Å². The SMILES string of the molecule is COc1cc(/C=C/C(=O)Nc2ccc(C(=O)O)c(N(C)C(=O)COC/C=C(\C)CCC=C(C)C)c2)cc(OC)c1O. The number of aromatic carboxylic acids is 1. The average Bonchev–Trinajstić information content (AvgIpc) is 2.93. The van der Waals surface area contributed by atoms with E-state index in [1.165, 1.54) is 74.2 Å². The van der Waals surface area contributed by atoms with E-state index >= 15 is 0 Å². The van der Waals surface area contributed by atoms with Crippen LogP contribution in [0.25, 0.3) is 6.08 Å². The zero-order chi connectivity index (χ0) is 30.5. The number of anilines is 2. The van der Waals surface area contributed by atoms with Gasteiger partial charge in [-0.2, -0.15) is 0 Å². The molecule has 2 aromatic rings. The third-order valence-corrected chi connectivity index (χ3v) is 6.03. The van der Waals surface area contributed by atoms with Crippen LogP contribution in [0.15, 0.2) is 59.7 Å². The highest BCUT2D eigenvalue weighted by atomic mass is 16.5. The van der Waals surface area contributed by atoms with Gasteiger partial charge < -0.3 is 34.6 Å². The minimum Gasteiger partial charge on any atom is -0.502 e. The highest BCUT2D eigenvalue weighted by molar-refractivity contribution is 6.05. The molecule has 41 heavy (non-hydrogen) atoms. The fourth-order valence-corrected chi connectivity index (χ4v) is 3.70. The molecule has 220 valence electrons. The summed E-state index contributed by atoms with van der Waals surface area (Å²) in [6, 6.07) is 7.23. The molecule has 0 aromatic heterocycles. The summed E-state index contributed by atoms with van der Waals surface area (Å²) in [5, 5.41) is 22.4. The first-order valence-electron chi connectivity index (χ1n) is 12.9. The Labute approximate surface area is 240 Å². The van der Waals surface area contributed by atoms with E-state index in [0.29, 0.717) is 5.56 Å². The molecule has 2 amide bonds. The van der Waals surface area contributed by atoms with Crippen LogP contribution in [-0.4, -0.2) is 62.5 Å². The molecule has 0 radical (unpaired) electrons. The molecule has 10 heteroatoms. The van der Waals surface area contributed by atoms with E-state index in [2.05, 4.69) is 25.2 Å². The molecule has 0 unspecified atom stereocenters. The Bertz CT molecular complexity index is 1310. The second-order valence-corrected chi connectivity index (χ2v) is 9.47. The predicted molar refractivity (Wildman–Crippen MR) is 159 cm³/mol. The quantitative estimate of drug-likeness (QED) is 0.157. The Hall–Kier alpha value is -4.57. The van der Waals surface area contributed by atoms with Crippen molar-refractivity contribution in [3.63, 3.8) is 0 Å². The molecule has 0 saturated heterocycles. The summed E-state index contributed by atoms with van der Waals surface area (Å²) in [5.74, 6) is -1.96. The lowest BCUT2D eigenvalue weighted by Gasteiger charge is -2.20. The molecular weight excluding hydrogens is 528 g/mol. The number of nitrogens with zero attached hydrogens (tertiary/aromatic N) is 1. The fourth-order valence-electron chi connectivity index (χ4n) is 3.70. The van der Waals surface area contributed by atoms with Crippen LogP contribution < -0.4 is 19.7 Å². The molecule has 0 bridgehead atoms. The van der Waals surface area contributed by atoms with Gasteiger partial charge in [0.15, 0.2) is 11.5 Å². The van der Waals surface area contributed by atoms with Crippen molar-refractivity contribution >= 4 is 35.2 Å². The monoisotopic (exact) mass is 566 g/mol. The first-order valence-corrected chi connectivity index (χ1v) is 12.9. The number of amides is 2. The van der Waals surface area contributed by atoms with E-state index < -0.39 is 17.8 Å². The maximum atomic E-state index is 12.8. The molecule has 2 aromatic carbocycles. The Morgan fingerprint density at radius 2 is 1.66 bits per heavy atom. The zero-order valence-corrected chi connectivity index (χ0v) is 24.3. The topological polar surface area (TPSA) is 135 Å². The van der Waals surface area contributed by atoms with Gasteiger partial charge in [0.25, 0.3) is 5.91 Å². The maximum absolute atomic E-state index is 12.8. The first-order chi connectivity index (χ1) is 19.5. The number of hydrogen-bond acceptors (Lipinski definition) is 7. The standard InChI is InChI=1S/C31H38N2O8/c1-20(2)8-7-9-21(3)14-15-41-19-29(35)33(4)25-18-23(11-12-24(25)31(37)38)32-28(34)13-10-22-16-26(39-5)30(36)27(17-22)40-6/h8,10-14,16-18,36H,7,9,15,19H2,1-6H3,(H,32,34)(H,37,38)/b13-10+,21-14+. The fraction of sp³-hybridized carbons (Fsp3) is 0.323. The number of rotatable bonds is 14.